The predicted octanol–water partition coefficient (Wildman–Crippen LogP) is 2.29. The van der Waals surface area contributed by atoms with E-state index in [9.17, 15) is 4.79 Å². The lowest BCUT2D eigenvalue weighted by Crippen LogP contribution is -2.43. The van der Waals surface area contributed by atoms with Crippen molar-refractivity contribution < 1.29 is 9.21 Å². The molecule has 1 amide bonds. The first-order chi connectivity index (χ1) is 9.70. The van der Waals surface area contributed by atoms with Gasteiger partial charge in [0.15, 0.2) is 5.76 Å². The Morgan fingerprint density at radius 2 is 2.15 bits per heavy atom. The Morgan fingerprint density at radius 1 is 1.35 bits per heavy atom. The van der Waals surface area contributed by atoms with Crippen molar-refractivity contribution in [3.05, 3.63) is 59.0 Å². The molecule has 1 aromatic carbocycles. The zero-order valence-corrected chi connectivity index (χ0v) is 11.5. The Bertz CT molecular complexity index is 633. The summed E-state index contributed by atoms with van der Waals surface area (Å²) in [6.45, 7) is 2.93. The van der Waals surface area contributed by atoms with Crippen LogP contribution in [0.5, 0.6) is 0 Å². The number of hydrogen-bond donors (Lipinski definition) is 1. The number of nitrogens with zero attached hydrogens (tertiary/aromatic N) is 1. The number of rotatable bonds is 2. The number of carbonyl (C=O) groups excluding carboxylic acids is 1. The Kier molecular flexibility index (Phi) is 3.32. The van der Waals surface area contributed by atoms with E-state index in [2.05, 4.69) is 12.1 Å². The van der Waals surface area contributed by atoms with E-state index in [1.54, 1.807) is 6.07 Å². The second-order valence-electron chi connectivity index (χ2n) is 5.11. The molecule has 4 heteroatoms. The lowest BCUT2D eigenvalue weighted by atomic mass is 9.92. The molecule has 4 nitrogen and oxygen atoms in total. The van der Waals surface area contributed by atoms with E-state index < -0.39 is 0 Å². The number of nitrogens with two attached hydrogens (primary N) is 1. The molecule has 0 fully saturated rings. The van der Waals surface area contributed by atoms with Crippen LogP contribution in [-0.2, 0) is 6.42 Å². The first-order valence-electron chi connectivity index (χ1n) is 6.86. The minimum absolute atomic E-state index is 0.0714. The molecule has 1 aromatic heterocycles. The molecular weight excluding hydrogens is 252 g/mol. The van der Waals surface area contributed by atoms with Crippen LogP contribution in [0.1, 0.15) is 33.5 Å². The lowest BCUT2D eigenvalue weighted by Gasteiger charge is -2.36. The van der Waals surface area contributed by atoms with Gasteiger partial charge in [0.1, 0.15) is 5.76 Å². The van der Waals surface area contributed by atoms with Crippen molar-refractivity contribution in [2.75, 3.05) is 13.1 Å². The summed E-state index contributed by atoms with van der Waals surface area (Å²) in [6.07, 6.45) is 0.859. The van der Waals surface area contributed by atoms with Crippen LogP contribution in [0.4, 0.5) is 0 Å². The largest absolute Gasteiger partial charge is 0.456 e. The maximum absolute atomic E-state index is 12.6. The molecule has 1 aliphatic heterocycles. The molecule has 20 heavy (non-hydrogen) atoms. The average Bonchev–Trinajstić information content (AvgIpc) is 2.91. The highest BCUT2D eigenvalue weighted by atomic mass is 16.3. The Balaban J connectivity index is 1.93. The van der Waals surface area contributed by atoms with Crippen LogP contribution < -0.4 is 5.73 Å². The molecule has 2 heterocycles. The van der Waals surface area contributed by atoms with Crippen LogP contribution in [0.2, 0.25) is 0 Å². The van der Waals surface area contributed by atoms with Gasteiger partial charge in [-0.15, -0.1) is 0 Å². The van der Waals surface area contributed by atoms with Crippen molar-refractivity contribution in [1.29, 1.82) is 0 Å². The van der Waals surface area contributed by atoms with Crippen molar-refractivity contribution in [1.82, 2.24) is 4.90 Å². The summed E-state index contributed by atoms with van der Waals surface area (Å²) in [5.74, 6) is 1.05. The number of fused-ring (bicyclic) bond motifs is 1. The summed E-state index contributed by atoms with van der Waals surface area (Å²) < 4.78 is 5.45. The van der Waals surface area contributed by atoms with Gasteiger partial charge in [-0.2, -0.15) is 0 Å². The van der Waals surface area contributed by atoms with Crippen LogP contribution >= 0.6 is 0 Å². The van der Waals surface area contributed by atoms with Gasteiger partial charge in [0.25, 0.3) is 5.91 Å². The van der Waals surface area contributed by atoms with Crippen molar-refractivity contribution in [3.8, 4) is 0 Å². The number of furan rings is 1. The molecule has 2 aromatic rings. The summed E-state index contributed by atoms with van der Waals surface area (Å²) in [5, 5.41) is 0. The molecule has 0 saturated carbocycles. The van der Waals surface area contributed by atoms with Crippen LogP contribution in [0.15, 0.2) is 40.8 Å². The highest BCUT2D eigenvalue weighted by molar-refractivity contribution is 5.92. The Hall–Kier alpha value is -2.07. The van der Waals surface area contributed by atoms with E-state index in [4.69, 9.17) is 10.2 Å². The monoisotopic (exact) mass is 270 g/mol. The van der Waals surface area contributed by atoms with Crippen LogP contribution in [0, 0.1) is 6.92 Å². The third-order valence-corrected chi connectivity index (χ3v) is 3.85. The zero-order chi connectivity index (χ0) is 14.1. The summed E-state index contributed by atoms with van der Waals surface area (Å²) in [6, 6.07) is 11.6. The molecule has 1 unspecified atom stereocenters. The van der Waals surface area contributed by atoms with Gasteiger partial charge in [-0.3, -0.25) is 4.79 Å². The molecule has 0 radical (unpaired) electrons. The second kappa shape index (κ2) is 5.13. The van der Waals surface area contributed by atoms with Gasteiger partial charge in [0.2, 0.25) is 0 Å². The van der Waals surface area contributed by atoms with Crippen molar-refractivity contribution in [2.45, 2.75) is 19.4 Å². The van der Waals surface area contributed by atoms with Gasteiger partial charge in [-0.05, 0) is 36.6 Å². The van der Waals surface area contributed by atoms with Gasteiger partial charge in [0, 0.05) is 13.1 Å². The van der Waals surface area contributed by atoms with E-state index in [0.717, 1.165) is 17.7 Å². The SMILES string of the molecule is Cc1ccc(C(=O)N2CCc3ccccc3C2CN)o1. The fourth-order valence-corrected chi connectivity index (χ4v) is 2.84. The number of hydrogen-bond acceptors (Lipinski definition) is 3. The van der Waals surface area contributed by atoms with Crippen LogP contribution in [0.3, 0.4) is 0 Å². The third-order valence-electron chi connectivity index (χ3n) is 3.85. The lowest BCUT2D eigenvalue weighted by molar-refractivity contribution is 0.0633. The van der Waals surface area contributed by atoms with Crippen LogP contribution in [-0.4, -0.2) is 23.9 Å². The first-order valence-corrected chi connectivity index (χ1v) is 6.86. The van der Waals surface area contributed by atoms with Crippen molar-refractivity contribution >= 4 is 5.91 Å². The normalized spacial score (nSPS) is 17.9. The fraction of sp³-hybridized carbons (Fsp3) is 0.312. The molecule has 2 N–H and O–H groups in total. The minimum Gasteiger partial charge on any atom is -0.456 e. The molecule has 0 saturated heterocycles. The first kappa shape index (κ1) is 12.9. The summed E-state index contributed by atoms with van der Waals surface area (Å²) in [7, 11) is 0. The summed E-state index contributed by atoms with van der Waals surface area (Å²) in [4.78, 5) is 14.4. The van der Waals surface area contributed by atoms with Crippen LogP contribution in [0.25, 0.3) is 0 Å². The number of amides is 1. The maximum Gasteiger partial charge on any atom is 0.290 e. The molecular formula is C16H18N2O2. The highest BCUT2D eigenvalue weighted by Gasteiger charge is 2.31. The number of aryl methyl sites for hydroxylation is 1. The molecule has 0 aliphatic carbocycles. The van der Waals surface area contributed by atoms with Gasteiger partial charge < -0.3 is 15.1 Å². The molecule has 1 atom stereocenters. The van der Waals surface area contributed by atoms with Crippen molar-refractivity contribution in [3.63, 3.8) is 0 Å². The quantitative estimate of drug-likeness (QED) is 0.910. The fourth-order valence-electron chi connectivity index (χ4n) is 2.84. The van der Waals surface area contributed by atoms with Gasteiger partial charge in [-0.1, -0.05) is 24.3 Å². The average molecular weight is 270 g/mol. The summed E-state index contributed by atoms with van der Waals surface area (Å²) >= 11 is 0. The zero-order valence-electron chi connectivity index (χ0n) is 11.5. The molecule has 0 bridgehead atoms. The van der Waals surface area contributed by atoms with E-state index in [-0.39, 0.29) is 11.9 Å². The second-order valence-corrected chi connectivity index (χ2v) is 5.11. The van der Waals surface area contributed by atoms with Crippen molar-refractivity contribution in [2.24, 2.45) is 5.73 Å². The number of benzene rings is 1. The smallest absolute Gasteiger partial charge is 0.290 e. The van der Waals surface area contributed by atoms with Gasteiger partial charge >= 0.3 is 0 Å². The molecule has 3 rings (SSSR count). The third kappa shape index (κ3) is 2.12. The number of carbonyl (C=O) groups is 1. The van der Waals surface area contributed by atoms with E-state index in [1.165, 1.54) is 5.56 Å². The maximum atomic E-state index is 12.6. The van der Waals surface area contributed by atoms with Gasteiger partial charge in [0.05, 0.1) is 6.04 Å². The highest BCUT2D eigenvalue weighted by Crippen LogP contribution is 2.30. The standard InChI is InChI=1S/C16H18N2O2/c1-11-6-7-15(20-11)16(19)18-9-8-12-4-2-3-5-13(12)14(18)10-17/h2-7,14H,8-10,17H2,1H3. The Labute approximate surface area is 118 Å². The van der Waals surface area contributed by atoms with E-state index in [0.29, 0.717) is 18.8 Å². The molecule has 104 valence electrons. The van der Waals surface area contributed by atoms with E-state index >= 15 is 0 Å². The topological polar surface area (TPSA) is 59.5 Å². The summed E-state index contributed by atoms with van der Waals surface area (Å²) in [5.41, 5.74) is 8.34. The predicted molar refractivity (Wildman–Crippen MR) is 76.4 cm³/mol. The Morgan fingerprint density at radius 3 is 2.85 bits per heavy atom. The minimum atomic E-state index is -0.0805. The van der Waals surface area contributed by atoms with Gasteiger partial charge in [-0.25, -0.2) is 0 Å². The molecule has 0 spiro atoms. The molecule has 1 aliphatic rings. The van der Waals surface area contributed by atoms with E-state index in [1.807, 2.05) is 30.0 Å².